The quantitative estimate of drug-likeness (QED) is 0.617. The van der Waals surface area contributed by atoms with Crippen molar-refractivity contribution in [3.8, 4) is 5.75 Å². The molecule has 1 atom stereocenters. The first-order chi connectivity index (χ1) is 14.8. The molecule has 2 aliphatic rings. The first-order valence-electron chi connectivity index (χ1n) is 11.2. The molecule has 0 radical (unpaired) electrons. The molecule has 1 heterocycles. The van der Waals surface area contributed by atoms with E-state index < -0.39 is 0 Å². The lowest BCUT2D eigenvalue weighted by atomic mass is 9.69. The summed E-state index contributed by atoms with van der Waals surface area (Å²) >= 11 is 0. The molecule has 1 aliphatic carbocycles. The van der Waals surface area contributed by atoms with Gasteiger partial charge in [-0.3, -0.25) is 14.5 Å². The monoisotopic (exact) mass is 417 g/mol. The van der Waals surface area contributed by atoms with Crippen LogP contribution < -0.4 is 9.64 Å². The summed E-state index contributed by atoms with van der Waals surface area (Å²) < 4.78 is 5.86. The van der Waals surface area contributed by atoms with Gasteiger partial charge in [0.2, 0.25) is 5.91 Å². The molecule has 31 heavy (non-hydrogen) atoms. The molecule has 0 aromatic heterocycles. The number of benzene rings is 2. The van der Waals surface area contributed by atoms with Gasteiger partial charge in [-0.1, -0.05) is 51.1 Å². The largest absolute Gasteiger partial charge is 0.494 e. The van der Waals surface area contributed by atoms with Crippen LogP contribution in [0.1, 0.15) is 64.0 Å². The van der Waals surface area contributed by atoms with Crippen LogP contribution in [0.5, 0.6) is 5.75 Å². The molecule has 162 valence electrons. The number of Topliss-reactive ketones (excluding diaryl/α,β-unsaturated/α-hetero) is 1. The molecule has 4 heteroatoms. The van der Waals surface area contributed by atoms with E-state index in [9.17, 15) is 9.59 Å². The number of carbonyl (C=O) groups excluding carboxylic acids is 2. The summed E-state index contributed by atoms with van der Waals surface area (Å²) in [6.45, 7) is 8.82. The van der Waals surface area contributed by atoms with Gasteiger partial charge in [-0.15, -0.1) is 0 Å². The maximum atomic E-state index is 13.5. The lowest BCUT2D eigenvalue weighted by molar-refractivity contribution is -0.121. The van der Waals surface area contributed by atoms with Gasteiger partial charge in [0.05, 0.1) is 6.61 Å². The molecule has 1 amide bonds. The Morgan fingerprint density at radius 1 is 1.00 bits per heavy atom. The second-order valence-corrected chi connectivity index (χ2v) is 9.28. The van der Waals surface area contributed by atoms with Gasteiger partial charge in [-0.25, -0.2) is 0 Å². The predicted octanol–water partition coefficient (Wildman–Crippen LogP) is 5.81. The average Bonchev–Trinajstić information content (AvgIpc) is 2.73. The minimum Gasteiger partial charge on any atom is -0.494 e. The second-order valence-electron chi connectivity index (χ2n) is 9.28. The van der Waals surface area contributed by atoms with Gasteiger partial charge in [-0.2, -0.15) is 0 Å². The van der Waals surface area contributed by atoms with Crippen LogP contribution >= 0.6 is 0 Å². The molecule has 1 unspecified atom stereocenters. The number of amides is 1. The van der Waals surface area contributed by atoms with E-state index in [1.54, 1.807) is 4.90 Å². The topological polar surface area (TPSA) is 46.6 Å². The van der Waals surface area contributed by atoms with Gasteiger partial charge in [0.1, 0.15) is 5.75 Å². The number of nitrogens with zero attached hydrogens (tertiary/aromatic N) is 1. The zero-order chi connectivity index (χ0) is 22.2. The molecule has 0 N–H and O–H groups in total. The van der Waals surface area contributed by atoms with Crippen molar-refractivity contribution in [1.82, 2.24) is 0 Å². The van der Waals surface area contributed by atoms with Crippen molar-refractivity contribution in [1.29, 1.82) is 0 Å². The van der Waals surface area contributed by atoms with Gasteiger partial charge in [-0.05, 0) is 48.9 Å². The zero-order valence-electron chi connectivity index (χ0n) is 18.9. The first kappa shape index (κ1) is 21.4. The van der Waals surface area contributed by atoms with E-state index in [0.29, 0.717) is 19.4 Å². The number of rotatable bonds is 5. The highest BCUT2D eigenvalue weighted by Gasteiger charge is 2.44. The smallest absolute Gasteiger partial charge is 0.232 e. The SMILES string of the molecule is CCOc1ccccc1C1CC(=O)N(c2ccc(CC)cc2)C2=C1C(=O)CC(C)(C)C2. The van der Waals surface area contributed by atoms with Crippen molar-refractivity contribution in [2.45, 2.75) is 59.3 Å². The van der Waals surface area contributed by atoms with Gasteiger partial charge in [0.25, 0.3) is 0 Å². The van der Waals surface area contributed by atoms with Crippen LogP contribution in [0.2, 0.25) is 0 Å². The van der Waals surface area contributed by atoms with Crippen LogP contribution in [0.15, 0.2) is 59.8 Å². The Balaban J connectivity index is 1.87. The Morgan fingerprint density at radius 3 is 2.39 bits per heavy atom. The number of carbonyl (C=O) groups is 2. The molecule has 0 spiro atoms. The van der Waals surface area contributed by atoms with E-state index in [-0.39, 0.29) is 29.4 Å². The highest BCUT2D eigenvalue weighted by atomic mass is 16.5. The third-order valence-corrected chi connectivity index (χ3v) is 6.34. The molecule has 4 rings (SSSR count). The number of ketones is 1. The highest BCUT2D eigenvalue weighted by Crippen LogP contribution is 2.49. The predicted molar refractivity (Wildman–Crippen MR) is 123 cm³/mol. The molecule has 2 aromatic carbocycles. The normalized spacial score (nSPS) is 20.6. The summed E-state index contributed by atoms with van der Waals surface area (Å²) in [4.78, 5) is 28.8. The number of hydrogen-bond acceptors (Lipinski definition) is 3. The van der Waals surface area contributed by atoms with Gasteiger partial charge >= 0.3 is 0 Å². The Hall–Kier alpha value is -2.88. The van der Waals surface area contributed by atoms with Crippen molar-refractivity contribution in [2.24, 2.45) is 5.41 Å². The summed E-state index contributed by atoms with van der Waals surface area (Å²) in [7, 11) is 0. The molecule has 0 fully saturated rings. The molecule has 4 nitrogen and oxygen atoms in total. The fourth-order valence-corrected chi connectivity index (χ4v) is 4.92. The summed E-state index contributed by atoms with van der Waals surface area (Å²) in [5.74, 6) is 0.670. The molecular weight excluding hydrogens is 386 g/mol. The van der Waals surface area contributed by atoms with Crippen LogP contribution in [-0.2, 0) is 16.0 Å². The Bertz CT molecular complexity index is 1030. The van der Waals surface area contributed by atoms with Crippen LogP contribution in [0.3, 0.4) is 0 Å². The van der Waals surface area contributed by atoms with E-state index >= 15 is 0 Å². The minimum absolute atomic E-state index is 0.0322. The summed E-state index contributed by atoms with van der Waals surface area (Å²) in [5, 5.41) is 0. The first-order valence-corrected chi connectivity index (χ1v) is 11.2. The number of aryl methyl sites for hydroxylation is 1. The van der Waals surface area contributed by atoms with E-state index in [1.165, 1.54) is 5.56 Å². The summed E-state index contributed by atoms with van der Waals surface area (Å²) in [5.41, 5.74) is 4.46. The maximum absolute atomic E-state index is 13.5. The van der Waals surface area contributed by atoms with Crippen LogP contribution in [-0.4, -0.2) is 18.3 Å². The van der Waals surface area contributed by atoms with Gasteiger partial charge in [0.15, 0.2) is 5.78 Å². The third kappa shape index (κ3) is 4.04. The second kappa shape index (κ2) is 8.33. The van der Waals surface area contributed by atoms with Crippen molar-refractivity contribution < 1.29 is 14.3 Å². The number of anilines is 1. The van der Waals surface area contributed by atoms with Crippen molar-refractivity contribution in [3.63, 3.8) is 0 Å². The van der Waals surface area contributed by atoms with Crippen LogP contribution in [0, 0.1) is 5.41 Å². The fourth-order valence-electron chi connectivity index (χ4n) is 4.92. The van der Waals surface area contributed by atoms with E-state index in [0.717, 1.165) is 34.7 Å². The van der Waals surface area contributed by atoms with Crippen LogP contribution in [0.25, 0.3) is 0 Å². The Morgan fingerprint density at radius 2 is 1.71 bits per heavy atom. The standard InChI is InChI=1S/C27H31NO3/c1-5-18-11-13-19(14-12-18)28-22-16-27(3,4)17-23(29)26(22)21(15-25(28)30)20-9-7-8-10-24(20)31-6-2/h7-14,21H,5-6,15-17H2,1-4H3. The Labute approximate surface area is 184 Å². The fraction of sp³-hybridized carbons (Fsp3) is 0.407. The molecule has 0 bridgehead atoms. The highest BCUT2D eigenvalue weighted by molar-refractivity contribution is 6.08. The summed E-state index contributed by atoms with van der Waals surface area (Å²) in [6, 6.07) is 15.9. The van der Waals surface area contributed by atoms with Crippen molar-refractivity contribution >= 4 is 17.4 Å². The number of hydrogen-bond donors (Lipinski definition) is 0. The average molecular weight is 418 g/mol. The van der Waals surface area contributed by atoms with Gasteiger partial charge < -0.3 is 4.74 Å². The van der Waals surface area contributed by atoms with Crippen molar-refractivity contribution in [3.05, 3.63) is 70.9 Å². The Kier molecular flexibility index (Phi) is 5.74. The molecule has 2 aromatic rings. The van der Waals surface area contributed by atoms with E-state index in [1.807, 2.05) is 43.3 Å². The van der Waals surface area contributed by atoms with Crippen LogP contribution in [0.4, 0.5) is 5.69 Å². The van der Waals surface area contributed by atoms with E-state index in [2.05, 4.69) is 32.9 Å². The maximum Gasteiger partial charge on any atom is 0.232 e. The third-order valence-electron chi connectivity index (χ3n) is 6.34. The number of para-hydroxylation sites is 1. The minimum atomic E-state index is -0.264. The summed E-state index contributed by atoms with van der Waals surface area (Å²) in [6.07, 6.45) is 2.41. The zero-order valence-corrected chi connectivity index (χ0v) is 18.9. The lowest BCUT2D eigenvalue weighted by Crippen LogP contribution is -2.43. The molecular formula is C27H31NO3. The lowest BCUT2D eigenvalue weighted by Gasteiger charge is -2.43. The number of ether oxygens (including phenoxy) is 1. The number of allylic oxidation sites excluding steroid dienone is 2. The van der Waals surface area contributed by atoms with Crippen molar-refractivity contribution in [2.75, 3.05) is 11.5 Å². The molecule has 0 saturated heterocycles. The van der Waals surface area contributed by atoms with E-state index in [4.69, 9.17) is 4.74 Å². The molecule has 0 saturated carbocycles. The van der Waals surface area contributed by atoms with Gasteiger partial charge in [0, 0.05) is 41.3 Å². The molecule has 1 aliphatic heterocycles.